The number of carbonyl (C=O) groups is 2. The van der Waals surface area contributed by atoms with E-state index >= 15 is 0 Å². The van der Waals surface area contributed by atoms with Crippen molar-refractivity contribution in [3.05, 3.63) is 52.7 Å². The number of benzene rings is 2. The molecule has 2 amide bonds. The van der Waals surface area contributed by atoms with Crippen LogP contribution in [0, 0.1) is 0 Å². The summed E-state index contributed by atoms with van der Waals surface area (Å²) in [6, 6.07) is 10.4. The van der Waals surface area contributed by atoms with Crippen molar-refractivity contribution < 1.29 is 19.1 Å². The van der Waals surface area contributed by atoms with Crippen LogP contribution in [0.25, 0.3) is 10.9 Å². The monoisotopic (exact) mass is 413 g/mol. The van der Waals surface area contributed by atoms with Crippen LogP contribution in [0.2, 0.25) is 5.02 Å². The summed E-state index contributed by atoms with van der Waals surface area (Å²) in [5.41, 5.74) is 1.98. The van der Waals surface area contributed by atoms with Crippen LogP contribution in [-0.2, 0) is 0 Å². The molecule has 7 nitrogen and oxygen atoms in total. The number of fused-ring (bicyclic) bond motifs is 2. The molecule has 1 aliphatic rings. The van der Waals surface area contributed by atoms with Crippen LogP contribution in [0.3, 0.4) is 0 Å². The van der Waals surface area contributed by atoms with Crippen LogP contribution in [0.4, 0.5) is 5.69 Å². The fourth-order valence-corrected chi connectivity index (χ4v) is 3.35. The number of nitrogens with zero attached hydrogens (tertiary/aromatic N) is 1. The standard InChI is InChI=1S/C21H20ClN3O4/c1-25(2)21(27)15-10-14(11-18-19(15)29-7-3-6-28-18)23-20(26)17-9-12-8-13(22)4-5-16(12)24-17/h4-5,8-11,24H,3,6-7H2,1-2H3,(H,23,26). The molecular weight excluding hydrogens is 394 g/mol. The molecule has 0 unspecified atom stereocenters. The van der Waals surface area contributed by atoms with Crippen molar-refractivity contribution in [2.75, 3.05) is 32.6 Å². The molecular formula is C21H20ClN3O4. The molecule has 1 aromatic heterocycles. The number of hydrogen-bond donors (Lipinski definition) is 2. The Bertz CT molecular complexity index is 1110. The average molecular weight is 414 g/mol. The van der Waals surface area contributed by atoms with E-state index in [2.05, 4.69) is 10.3 Å². The zero-order chi connectivity index (χ0) is 20.5. The van der Waals surface area contributed by atoms with E-state index in [4.69, 9.17) is 21.1 Å². The third kappa shape index (κ3) is 3.86. The minimum atomic E-state index is -0.338. The lowest BCUT2D eigenvalue weighted by molar-refractivity contribution is 0.0822. The normalized spacial score (nSPS) is 13.1. The molecule has 0 saturated heterocycles. The van der Waals surface area contributed by atoms with E-state index in [1.165, 1.54) is 4.90 Å². The molecule has 0 fully saturated rings. The second-order valence-corrected chi connectivity index (χ2v) is 7.41. The van der Waals surface area contributed by atoms with Crippen molar-refractivity contribution in [1.29, 1.82) is 0 Å². The van der Waals surface area contributed by atoms with Gasteiger partial charge in [-0.3, -0.25) is 9.59 Å². The molecule has 29 heavy (non-hydrogen) atoms. The van der Waals surface area contributed by atoms with Gasteiger partial charge >= 0.3 is 0 Å². The van der Waals surface area contributed by atoms with Crippen LogP contribution in [-0.4, -0.2) is 49.0 Å². The summed E-state index contributed by atoms with van der Waals surface area (Å²) in [5, 5.41) is 4.26. The Hall–Kier alpha value is -3.19. The maximum Gasteiger partial charge on any atom is 0.272 e. The Balaban J connectivity index is 1.68. The van der Waals surface area contributed by atoms with E-state index in [-0.39, 0.29) is 11.8 Å². The van der Waals surface area contributed by atoms with Crippen molar-refractivity contribution in [2.45, 2.75) is 6.42 Å². The summed E-state index contributed by atoms with van der Waals surface area (Å²) in [6.45, 7) is 0.937. The zero-order valence-corrected chi connectivity index (χ0v) is 16.8. The number of carbonyl (C=O) groups excluding carboxylic acids is 2. The van der Waals surface area contributed by atoms with E-state index in [1.807, 2.05) is 6.07 Å². The van der Waals surface area contributed by atoms with Gasteiger partial charge in [0.1, 0.15) is 5.69 Å². The first kappa shape index (κ1) is 19.1. The van der Waals surface area contributed by atoms with Crippen molar-refractivity contribution in [2.24, 2.45) is 0 Å². The van der Waals surface area contributed by atoms with Gasteiger partial charge in [0.25, 0.3) is 11.8 Å². The molecule has 4 rings (SSSR count). The molecule has 2 N–H and O–H groups in total. The van der Waals surface area contributed by atoms with Gasteiger partial charge in [-0.15, -0.1) is 0 Å². The molecule has 1 aliphatic heterocycles. The summed E-state index contributed by atoms with van der Waals surface area (Å²) in [7, 11) is 3.32. The molecule has 0 spiro atoms. The number of amides is 2. The summed E-state index contributed by atoms with van der Waals surface area (Å²) >= 11 is 6.01. The molecule has 0 atom stereocenters. The number of hydrogen-bond acceptors (Lipinski definition) is 4. The number of halogens is 1. The van der Waals surface area contributed by atoms with Gasteiger partial charge < -0.3 is 24.7 Å². The van der Waals surface area contributed by atoms with Crippen LogP contribution in [0.1, 0.15) is 27.3 Å². The molecule has 150 valence electrons. The first-order valence-electron chi connectivity index (χ1n) is 9.17. The number of ether oxygens (including phenoxy) is 2. The van der Waals surface area contributed by atoms with Gasteiger partial charge in [-0.25, -0.2) is 0 Å². The largest absolute Gasteiger partial charge is 0.489 e. The Morgan fingerprint density at radius 3 is 2.69 bits per heavy atom. The topological polar surface area (TPSA) is 83.7 Å². The predicted octanol–water partition coefficient (Wildman–Crippen LogP) is 3.94. The quantitative estimate of drug-likeness (QED) is 0.681. The van der Waals surface area contributed by atoms with Crippen LogP contribution in [0.5, 0.6) is 11.5 Å². The first-order valence-corrected chi connectivity index (χ1v) is 9.55. The van der Waals surface area contributed by atoms with E-state index in [0.29, 0.717) is 53.1 Å². The van der Waals surface area contributed by atoms with E-state index in [1.54, 1.807) is 44.4 Å². The smallest absolute Gasteiger partial charge is 0.272 e. The number of H-pyrrole nitrogens is 1. The Kier molecular flexibility index (Phi) is 5.07. The highest BCUT2D eigenvalue weighted by atomic mass is 35.5. The fourth-order valence-electron chi connectivity index (χ4n) is 3.17. The highest BCUT2D eigenvalue weighted by molar-refractivity contribution is 6.31. The van der Waals surface area contributed by atoms with E-state index in [0.717, 1.165) is 10.9 Å². The molecule has 0 bridgehead atoms. The molecule has 0 saturated carbocycles. The minimum absolute atomic E-state index is 0.233. The van der Waals surface area contributed by atoms with Gasteiger partial charge in [0, 0.05) is 48.2 Å². The van der Waals surface area contributed by atoms with Gasteiger partial charge in [0.05, 0.1) is 18.8 Å². The maximum atomic E-state index is 12.8. The van der Waals surface area contributed by atoms with Gasteiger partial charge in [0.2, 0.25) is 0 Å². The third-order valence-corrected chi connectivity index (χ3v) is 4.80. The van der Waals surface area contributed by atoms with Crippen LogP contribution in [0.15, 0.2) is 36.4 Å². The molecule has 8 heteroatoms. The summed E-state index contributed by atoms with van der Waals surface area (Å²) in [5.74, 6) is 0.270. The third-order valence-electron chi connectivity index (χ3n) is 4.57. The van der Waals surface area contributed by atoms with Crippen LogP contribution >= 0.6 is 11.6 Å². The van der Waals surface area contributed by atoms with Gasteiger partial charge in [-0.1, -0.05) is 11.6 Å². The molecule has 2 heterocycles. The van der Waals surface area contributed by atoms with Gasteiger partial charge in [0.15, 0.2) is 11.5 Å². The summed E-state index contributed by atoms with van der Waals surface area (Å²) < 4.78 is 11.5. The fraction of sp³-hybridized carbons (Fsp3) is 0.238. The molecule has 0 radical (unpaired) electrons. The van der Waals surface area contributed by atoms with E-state index in [9.17, 15) is 9.59 Å². The summed E-state index contributed by atoms with van der Waals surface area (Å²) in [4.78, 5) is 29.9. The number of rotatable bonds is 3. The van der Waals surface area contributed by atoms with E-state index < -0.39 is 0 Å². The van der Waals surface area contributed by atoms with Crippen LogP contribution < -0.4 is 14.8 Å². The lowest BCUT2D eigenvalue weighted by Gasteiger charge is -2.17. The second-order valence-electron chi connectivity index (χ2n) is 6.97. The maximum absolute atomic E-state index is 12.8. The predicted molar refractivity (Wildman–Crippen MR) is 111 cm³/mol. The Morgan fingerprint density at radius 2 is 1.90 bits per heavy atom. The van der Waals surface area contributed by atoms with Crippen molar-refractivity contribution in [1.82, 2.24) is 9.88 Å². The Labute approximate surface area is 172 Å². The molecule has 3 aromatic rings. The number of aromatic nitrogens is 1. The molecule has 2 aromatic carbocycles. The lowest BCUT2D eigenvalue weighted by atomic mass is 10.1. The Morgan fingerprint density at radius 1 is 1.10 bits per heavy atom. The highest BCUT2D eigenvalue weighted by Gasteiger charge is 2.23. The minimum Gasteiger partial charge on any atom is -0.489 e. The van der Waals surface area contributed by atoms with Crippen molar-refractivity contribution >= 4 is 40.0 Å². The number of anilines is 1. The van der Waals surface area contributed by atoms with Crippen molar-refractivity contribution in [3.63, 3.8) is 0 Å². The number of nitrogens with one attached hydrogen (secondary N) is 2. The number of aromatic amines is 1. The van der Waals surface area contributed by atoms with Crippen molar-refractivity contribution in [3.8, 4) is 11.5 Å². The van der Waals surface area contributed by atoms with Gasteiger partial charge in [-0.2, -0.15) is 0 Å². The zero-order valence-electron chi connectivity index (χ0n) is 16.0. The second kappa shape index (κ2) is 7.67. The molecule has 0 aliphatic carbocycles. The lowest BCUT2D eigenvalue weighted by Crippen LogP contribution is -2.23. The van der Waals surface area contributed by atoms with Gasteiger partial charge in [-0.05, 0) is 30.3 Å². The first-order chi connectivity index (χ1) is 13.9. The highest BCUT2D eigenvalue weighted by Crippen LogP contribution is 2.37. The average Bonchev–Trinajstić information content (AvgIpc) is 2.96. The SMILES string of the molecule is CN(C)C(=O)c1cc(NC(=O)c2cc3cc(Cl)ccc3[nH]2)cc2c1OCCCO2. The summed E-state index contributed by atoms with van der Waals surface area (Å²) in [6.07, 6.45) is 0.712.